The van der Waals surface area contributed by atoms with Crippen LogP contribution in [0.4, 0.5) is 5.82 Å². The first kappa shape index (κ1) is 10.9. The van der Waals surface area contributed by atoms with Crippen molar-refractivity contribution < 1.29 is 4.79 Å². The molecule has 0 atom stereocenters. The zero-order valence-corrected chi connectivity index (χ0v) is 9.57. The molecule has 86 valence electrons. The molecule has 1 amide bonds. The van der Waals surface area contributed by atoms with Gasteiger partial charge in [0.2, 0.25) is 0 Å². The Labute approximate surface area is 95.7 Å². The smallest absolute Gasteiger partial charge is 0.252 e. The maximum absolute atomic E-state index is 11.3. The van der Waals surface area contributed by atoms with E-state index in [1.807, 2.05) is 12.1 Å². The first-order valence-corrected chi connectivity index (χ1v) is 5.74. The maximum atomic E-state index is 11.3. The molecule has 1 aliphatic rings. The number of hydrogen-bond donors (Lipinski definition) is 1. The molecular formula is C12H17N3O. The minimum Gasteiger partial charge on any atom is -0.357 e. The van der Waals surface area contributed by atoms with Crippen molar-refractivity contribution >= 4 is 11.7 Å². The number of amides is 1. The van der Waals surface area contributed by atoms with Gasteiger partial charge < -0.3 is 10.2 Å². The fraction of sp³-hybridized carbons (Fsp3) is 0.500. The number of carbonyl (C=O) groups excluding carboxylic acids is 1. The van der Waals surface area contributed by atoms with Gasteiger partial charge in [0.25, 0.3) is 5.91 Å². The van der Waals surface area contributed by atoms with Gasteiger partial charge in [-0.05, 0) is 31.4 Å². The molecule has 0 radical (unpaired) electrons. The van der Waals surface area contributed by atoms with Crippen molar-refractivity contribution in [1.82, 2.24) is 10.3 Å². The summed E-state index contributed by atoms with van der Waals surface area (Å²) < 4.78 is 0. The Bertz CT molecular complexity index is 355. The van der Waals surface area contributed by atoms with E-state index in [9.17, 15) is 4.79 Å². The molecule has 4 heteroatoms. The quantitative estimate of drug-likeness (QED) is 0.818. The molecule has 0 unspecified atom stereocenters. The molecule has 1 N–H and O–H groups in total. The molecule has 0 saturated carbocycles. The summed E-state index contributed by atoms with van der Waals surface area (Å²) >= 11 is 0. The van der Waals surface area contributed by atoms with Crippen LogP contribution in [0.15, 0.2) is 18.3 Å². The molecule has 2 rings (SSSR count). The number of hydrogen-bond acceptors (Lipinski definition) is 3. The van der Waals surface area contributed by atoms with Crippen LogP contribution in [0.1, 0.15) is 29.6 Å². The first-order valence-electron chi connectivity index (χ1n) is 5.74. The monoisotopic (exact) mass is 219 g/mol. The van der Waals surface area contributed by atoms with Crippen LogP contribution in [0.25, 0.3) is 0 Å². The average Bonchev–Trinajstić information content (AvgIpc) is 2.39. The third-order valence-electron chi connectivity index (χ3n) is 2.92. The zero-order valence-electron chi connectivity index (χ0n) is 9.57. The molecule has 1 aromatic heterocycles. The summed E-state index contributed by atoms with van der Waals surface area (Å²) in [5.74, 6) is 0.894. The largest absolute Gasteiger partial charge is 0.357 e. The highest BCUT2D eigenvalue weighted by molar-refractivity contribution is 5.93. The fourth-order valence-electron chi connectivity index (χ4n) is 1.97. The van der Waals surface area contributed by atoms with E-state index in [-0.39, 0.29) is 5.91 Å². The Morgan fingerprint density at radius 2 is 2.06 bits per heavy atom. The van der Waals surface area contributed by atoms with E-state index in [1.165, 1.54) is 19.3 Å². The molecule has 0 aromatic carbocycles. The molecule has 1 aromatic rings. The predicted molar refractivity (Wildman–Crippen MR) is 63.7 cm³/mol. The number of nitrogens with zero attached hydrogens (tertiary/aromatic N) is 2. The molecule has 0 bridgehead atoms. The summed E-state index contributed by atoms with van der Waals surface area (Å²) in [6.07, 6.45) is 5.42. The minimum atomic E-state index is -0.0855. The topological polar surface area (TPSA) is 45.2 Å². The third kappa shape index (κ3) is 2.32. The van der Waals surface area contributed by atoms with Crippen LogP contribution in [0.3, 0.4) is 0 Å². The second-order valence-corrected chi connectivity index (χ2v) is 4.03. The number of nitrogens with one attached hydrogen (secondary N) is 1. The SMILES string of the molecule is CNC(=O)c1ccc(N2CCCCC2)nc1. The number of carbonyl (C=O) groups is 1. The van der Waals surface area contributed by atoms with Gasteiger partial charge >= 0.3 is 0 Å². The van der Waals surface area contributed by atoms with Gasteiger partial charge in [-0.15, -0.1) is 0 Å². The van der Waals surface area contributed by atoms with E-state index >= 15 is 0 Å². The Balaban J connectivity index is 2.09. The van der Waals surface area contributed by atoms with Crippen LogP contribution in [0.5, 0.6) is 0 Å². The van der Waals surface area contributed by atoms with E-state index in [1.54, 1.807) is 13.2 Å². The normalized spacial score (nSPS) is 15.9. The molecule has 4 nitrogen and oxygen atoms in total. The van der Waals surface area contributed by atoms with Gasteiger partial charge in [0.1, 0.15) is 5.82 Å². The molecule has 1 fully saturated rings. The van der Waals surface area contributed by atoms with Crippen LogP contribution in [-0.2, 0) is 0 Å². The van der Waals surface area contributed by atoms with Gasteiger partial charge in [0, 0.05) is 26.3 Å². The molecule has 1 aliphatic heterocycles. The van der Waals surface area contributed by atoms with Crippen molar-refractivity contribution in [2.75, 3.05) is 25.0 Å². The predicted octanol–water partition coefficient (Wildman–Crippen LogP) is 1.43. The van der Waals surface area contributed by atoms with Crippen LogP contribution in [0, 0.1) is 0 Å². The Morgan fingerprint density at radius 1 is 1.31 bits per heavy atom. The van der Waals surface area contributed by atoms with Gasteiger partial charge in [-0.3, -0.25) is 4.79 Å². The minimum absolute atomic E-state index is 0.0855. The lowest BCUT2D eigenvalue weighted by Gasteiger charge is -2.27. The van der Waals surface area contributed by atoms with Gasteiger partial charge in [-0.1, -0.05) is 0 Å². The van der Waals surface area contributed by atoms with E-state index < -0.39 is 0 Å². The van der Waals surface area contributed by atoms with Crippen molar-refractivity contribution in [1.29, 1.82) is 0 Å². The van der Waals surface area contributed by atoms with E-state index in [4.69, 9.17) is 0 Å². The van der Waals surface area contributed by atoms with Crippen molar-refractivity contribution in [3.8, 4) is 0 Å². The highest BCUT2D eigenvalue weighted by Crippen LogP contribution is 2.17. The molecule has 1 saturated heterocycles. The maximum Gasteiger partial charge on any atom is 0.252 e. The number of aromatic nitrogens is 1. The summed E-state index contributed by atoms with van der Waals surface area (Å²) in [5.41, 5.74) is 0.614. The second kappa shape index (κ2) is 4.96. The lowest BCUT2D eigenvalue weighted by Crippen LogP contribution is -2.30. The number of rotatable bonds is 2. The second-order valence-electron chi connectivity index (χ2n) is 4.03. The van der Waals surface area contributed by atoms with Crippen molar-refractivity contribution in [2.24, 2.45) is 0 Å². The van der Waals surface area contributed by atoms with Gasteiger partial charge in [-0.25, -0.2) is 4.98 Å². The first-order chi connectivity index (χ1) is 7.81. The van der Waals surface area contributed by atoms with Crippen LogP contribution in [-0.4, -0.2) is 31.0 Å². The Kier molecular flexibility index (Phi) is 3.39. The molecule has 16 heavy (non-hydrogen) atoms. The van der Waals surface area contributed by atoms with Gasteiger partial charge in [0.05, 0.1) is 5.56 Å². The van der Waals surface area contributed by atoms with Gasteiger partial charge in [-0.2, -0.15) is 0 Å². The van der Waals surface area contributed by atoms with E-state index in [0.717, 1.165) is 18.9 Å². The van der Waals surface area contributed by atoms with Crippen molar-refractivity contribution in [3.05, 3.63) is 23.9 Å². The molecule has 0 spiro atoms. The number of pyridine rings is 1. The lowest BCUT2D eigenvalue weighted by atomic mass is 10.1. The third-order valence-corrected chi connectivity index (χ3v) is 2.92. The Hall–Kier alpha value is -1.58. The summed E-state index contributed by atoms with van der Waals surface area (Å²) in [6.45, 7) is 2.15. The number of piperidine rings is 1. The van der Waals surface area contributed by atoms with Crippen LogP contribution >= 0.6 is 0 Å². The summed E-state index contributed by atoms with van der Waals surface area (Å²) in [4.78, 5) is 17.9. The standard InChI is InChI=1S/C12H17N3O/c1-13-12(16)10-5-6-11(14-9-10)15-7-3-2-4-8-15/h5-6,9H,2-4,7-8H2,1H3,(H,13,16). The van der Waals surface area contributed by atoms with Crippen molar-refractivity contribution in [2.45, 2.75) is 19.3 Å². The zero-order chi connectivity index (χ0) is 11.4. The van der Waals surface area contributed by atoms with Gasteiger partial charge in [0.15, 0.2) is 0 Å². The van der Waals surface area contributed by atoms with Crippen LogP contribution < -0.4 is 10.2 Å². The average molecular weight is 219 g/mol. The molecular weight excluding hydrogens is 202 g/mol. The highest BCUT2D eigenvalue weighted by atomic mass is 16.1. The Morgan fingerprint density at radius 3 is 2.62 bits per heavy atom. The van der Waals surface area contributed by atoms with Crippen molar-refractivity contribution in [3.63, 3.8) is 0 Å². The van der Waals surface area contributed by atoms with Crippen LogP contribution in [0.2, 0.25) is 0 Å². The van der Waals surface area contributed by atoms with E-state index in [0.29, 0.717) is 5.56 Å². The lowest BCUT2D eigenvalue weighted by molar-refractivity contribution is 0.0963. The molecule has 0 aliphatic carbocycles. The van der Waals surface area contributed by atoms with E-state index in [2.05, 4.69) is 15.2 Å². The molecule has 2 heterocycles. The summed E-state index contributed by atoms with van der Waals surface area (Å²) in [5, 5.41) is 2.59. The highest BCUT2D eigenvalue weighted by Gasteiger charge is 2.12. The summed E-state index contributed by atoms with van der Waals surface area (Å²) in [7, 11) is 1.63. The number of anilines is 1. The fourth-order valence-corrected chi connectivity index (χ4v) is 1.97. The summed E-state index contributed by atoms with van der Waals surface area (Å²) in [6, 6.07) is 3.76.